The summed E-state index contributed by atoms with van der Waals surface area (Å²) in [4.78, 5) is 0. The molecule has 1 unspecified atom stereocenters. The van der Waals surface area contributed by atoms with Gasteiger partial charge in [0, 0.05) is 0 Å². The summed E-state index contributed by atoms with van der Waals surface area (Å²) in [5.74, 6) is 0.839. The molecule has 0 saturated carbocycles. The van der Waals surface area contributed by atoms with Crippen molar-refractivity contribution in [1.82, 2.24) is 0 Å². The fourth-order valence-corrected chi connectivity index (χ4v) is 0.771. The maximum Gasteiger partial charge on any atom is 0.189 e. The van der Waals surface area contributed by atoms with Gasteiger partial charge in [-0.15, -0.1) is 9.24 Å². The predicted octanol–water partition coefficient (Wildman–Crippen LogP) is 1.87. The molecular formula is C8H11O2P. The van der Waals surface area contributed by atoms with Gasteiger partial charge in [-0.05, 0) is 12.1 Å². The minimum atomic E-state index is 0.313. The van der Waals surface area contributed by atoms with Gasteiger partial charge in [-0.2, -0.15) is 0 Å². The zero-order valence-corrected chi connectivity index (χ0v) is 7.35. The van der Waals surface area contributed by atoms with Gasteiger partial charge in [-0.3, -0.25) is 0 Å². The second-order valence-electron chi connectivity index (χ2n) is 1.95. The van der Waals surface area contributed by atoms with Crippen molar-refractivity contribution in [3.63, 3.8) is 0 Å². The molecule has 0 aliphatic carbocycles. The molecule has 1 rings (SSSR count). The van der Waals surface area contributed by atoms with Crippen LogP contribution in [0.25, 0.3) is 0 Å². The minimum Gasteiger partial charge on any atom is -0.468 e. The summed E-state index contributed by atoms with van der Waals surface area (Å²) < 4.78 is 10.2. The zero-order chi connectivity index (χ0) is 7.94. The Labute approximate surface area is 68.7 Å². The van der Waals surface area contributed by atoms with E-state index in [0.717, 1.165) is 5.75 Å². The molecule has 60 valence electrons. The van der Waals surface area contributed by atoms with Crippen LogP contribution in [-0.2, 0) is 4.74 Å². The molecule has 2 nitrogen and oxygen atoms in total. The summed E-state index contributed by atoms with van der Waals surface area (Å²) in [6.45, 7) is 0.313. The van der Waals surface area contributed by atoms with E-state index in [1.807, 2.05) is 30.3 Å². The van der Waals surface area contributed by atoms with Crippen molar-refractivity contribution in [3.05, 3.63) is 30.3 Å². The second-order valence-corrected chi connectivity index (χ2v) is 2.28. The van der Waals surface area contributed by atoms with Gasteiger partial charge in [0.2, 0.25) is 0 Å². The highest BCUT2D eigenvalue weighted by atomic mass is 31.0. The minimum absolute atomic E-state index is 0.313. The van der Waals surface area contributed by atoms with E-state index < -0.39 is 0 Å². The molecule has 3 heteroatoms. The smallest absolute Gasteiger partial charge is 0.189 e. The van der Waals surface area contributed by atoms with Gasteiger partial charge in [0.25, 0.3) is 0 Å². The monoisotopic (exact) mass is 170 g/mol. The van der Waals surface area contributed by atoms with E-state index in [2.05, 4.69) is 9.24 Å². The summed E-state index contributed by atoms with van der Waals surface area (Å²) in [6, 6.07) is 9.59. The normalized spacial score (nSPS) is 9.55. The maximum atomic E-state index is 5.21. The molecule has 1 aromatic rings. The lowest BCUT2D eigenvalue weighted by atomic mass is 10.3. The van der Waals surface area contributed by atoms with Crippen LogP contribution in [-0.4, -0.2) is 13.1 Å². The van der Waals surface area contributed by atoms with Crippen molar-refractivity contribution in [2.75, 3.05) is 13.1 Å². The second kappa shape index (κ2) is 5.11. The molecule has 1 aromatic carbocycles. The van der Waals surface area contributed by atoms with Crippen molar-refractivity contribution in [1.29, 1.82) is 0 Å². The lowest BCUT2D eigenvalue weighted by Crippen LogP contribution is -2.00. The first kappa shape index (κ1) is 8.51. The summed E-state index contributed by atoms with van der Waals surface area (Å²) in [6.07, 6.45) is 0.604. The summed E-state index contributed by atoms with van der Waals surface area (Å²) >= 11 is 0. The fourth-order valence-electron chi connectivity index (χ4n) is 0.675. The lowest BCUT2D eigenvalue weighted by molar-refractivity contribution is 0.0419. The molecule has 0 aromatic heterocycles. The van der Waals surface area contributed by atoms with Gasteiger partial charge < -0.3 is 9.47 Å². The summed E-state index contributed by atoms with van der Waals surface area (Å²) in [5.41, 5.74) is 0. The van der Waals surface area contributed by atoms with Gasteiger partial charge in [0.15, 0.2) is 6.79 Å². The number of hydrogen-bond acceptors (Lipinski definition) is 2. The molecule has 0 aliphatic rings. The fraction of sp³-hybridized carbons (Fsp3) is 0.250. The molecule has 1 atom stereocenters. The highest BCUT2D eigenvalue weighted by Gasteiger charge is 1.87. The van der Waals surface area contributed by atoms with Crippen LogP contribution < -0.4 is 4.74 Å². The third-order valence-electron chi connectivity index (χ3n) is 1.17. The van der Waals surface area contributed by atoms with E-state index in [1.165, 1.54) is 0 Å². The van der Waals surface area contributed by atoms with Gasteiger partial charge in [0.1, 0.15) is 5.75 Å². The van der Waals surface area contributed by atoms with Crippen LogP contribution >= 0.6 is 9.24 Å². The molecule has 11 heavy (non-hydrogen) atoms. The maximum absolute atomic E-state index is 5.21. The highest BCUT2D eigenvalue weighted by molar-refractivity contribution is 7.16. The first-order chi connectivity index (χ1) is 5.43. The van der Waals surface area contributed by atoms with E-state index in [0.29, 0.717) is 13.1 Å². The van der Waals surface area contributed by atoms with Crippen molar-refractivity contribution >= 4 is 9.24 Å². The Morgan fingerprint density at radius 1 is 1.18 bits per heavy atom. The van der Waals surface area contributed by atoms with E-state index in [-0.39, 0.29) is 0 Å². The van der Waals surface area contributed by atoms with Crippen LogP contribution in [0.1, 0.15) is 0 Å². The van der Waals surface area contributed by atoms with Crippen LogP contribution in [0.5, 0.6) is 5.75 Å². The molecule has 0 heterocycles. The lowest BCUT2D eigenvalue weighted by Gasteiger charge is -2.03. The quantitative estimate of drug-likeness (QED) is 0.390. The third-order valence-corrected chi connectivity index (χ3v) is 1.41. The van der Waals surface area contributed by atoms with Crippen molar-refractivity contribution in [2.45, 2.75) is 0 Å². The van der Waals surface area contributed by atoms with Crippen LogP contribution in [0, 0.1) is 0 Å². The average molecular weight is 170 g/mol. The molecule has 0 amide bonds. The average Bonchev–Trinajstić information content (AvgIpc) is 2.07. The summed E-state index contributed by atoms with van der Waals surface area (Å²) in [7, 11) is 2.46. The number of hydrogen-bond donors (Lipinski definition) is 0. The van der Waals surface area contributed by atoms with Gasteiger partial charge in [-0.25, -0.2) is 0 Å². The third kappa shape index (κ3) is 3.35. The Morgan fingerprint density at radius 2 is 1.91 bits per heavy atom. The highest BCUT2D eigenvalue weighted by Crippen LogP contribution is 2.07. The number of ether oxygens (including phenoxy) is 2. The van der Waals surface area contributed by atoms with Crippen LogP contribution in [0.15, 0.2) is 30.3 Å². The molecule has 0 saturated heterocycles. The molecular weight excluding hydrogens is 159 g/mol. The van der Waals surface area contributed by atoms with Crippen molar-refractivity contribution < 1.29 is 9.47 Å². The zero-order valence-electron chi connectivity index (χ0n) is 6.19. The van der Waals surface area contributed by atoms with Crippen LogP contribution in [0.4, 0.5) is 0 Å². The molecule has 0 aliphatic heterocycles. The van der Waals surface area contributed by atoms with E-state index in [4.69, 9.17) is 9.47 Å². The largest absolute Gasteiger partial charge is 0.468 e. The first-order valence-corrected chi connectivity index (χ1v) is 4.21. The molecule has 0 N–H and O–H groups in total. The molecule has 0 fully saturated rings. The Bertz CT molecular complexity index is 189. The first-order valence-electron chi connectivity index (χ1n) is 3.39. The van der Waals surface area contributed by atoms with Crippen molar-refractivity contribution in [2.24, 2.45) is 0 Å². The molecule has 0 spiro atoms. The van der Waals surface area contributed by atoms with Crippen molar-refractivity contribution in [3.8, 4) is 5.75 Å². The predicted molar refractivity (Wildman–Crippen MR) is 47.6 cm³/mol. The van der Waals surface area contributed by atoms with E-state index in [9.17, 15) is 0 Å². The Kier molecular flexibility index (Phi) is 3.95. The van der Waals surface area contributed by atoms with E-state index >= 15 is 0 Å². The topological polar surface area (TPSA) is 18.5 Å². The molecule has 0 radical (unpaired) electrons. The van der Waals surface area contributed by atoms with Gasteiger partial charge >= 0.3 is 0 Å². The van der Waals surface area contributed by atoms with Crippen LogP contribution in [0.2, 0.25) is 0 Å². The Balaban J connectivity index is 2.28. The number of para-hydroxylation sites is 1. The summed E-state index contributed by atoms with van der Waals surface area (Å²) in [5, 5.41) is 0. The number of benzene rings is 1. The Morgan fingerprint density at radius 3 is 2.55 bits per heavy atom. The standard InChI is InChI=1S/C8H11O2P/c11-7-9-6-10-8-4-2-1-3-5-8/h1-5H,6-7,11H2. The Hall–Kier alpha value is -0.590. The SMILES string of the molecule is PCOCOc1ccccc1. The van der Waals surface area contributed by atoms with E-state index in [1.54, 1.807) is 0 Å². The number of rotatable bonds is 4. The van der Waals surface area contributed by atoms with Gasteiger partial charge in [0.05, 0.1) is 6.35 Å². The molecule has 0 bridgehead atoms. The van der Waals surface area contributed by atoms with Crippen LogP contribution in [0.3, 0.4) is 0 Å². The van der Waals surface area contributed by atoms with Gasteiger partial charge in [-0.1, -0.05) is 18.2 Å².